The molecule has 0 saturated carbocycles. The third-order valence-corrected chi connectivity index (χ3v) is 2.65. The molecule has 0 aliphatic heterocycles. The molecule has 0 aliphatic carbocycles. The van der Waals surface area contributed by atoms with E-state index in [-0.39, 0.29) is 0 Å². The Bertz CT molecular complexity index is 450. The van der Waals surface area contributed by atoms with Gasteiger partial charge in [-0.1, -0.05) is 11.6 Å². The van der Waals surface area contributed by atoms with Crippen LogP contribution in [0.4, 0.5) is 0 Å². The number of H-pyrrole nitrogens is 1. The summed E-state index contributed by atoms with van der Waals surface area (Å²) < 4.78 is 1.69. The second-order valence-corrected chi connectivity index (χ2v) is 3.71. The van der Waals surface area contributed by atoms with Crippen LogP contribution in [-0.2, 0) is 0 Å². The smallest absolute Gasteiger partial charge is 0.178 e. The lowest BCUT2D eigenvalue weighted by molar-refractivity contribution is 0.818. The minimum Gasteiger partial charge on any atom is -0.280 e. The lowest BCUT2D eigenvalue weighted by Gasteiger charge is -1.96. The van der Waals surface area contributed by atoms with Crippen molar-refractivity contribution in [2.24, 2.45) is 0 Å². The topological polar surface area (TPSA) is 46.5 Å². The van der Waals surface area contributed by atoms with Gasteiger partial charge in [0.15, 0.2) is 5.82 Å². The maximum absolute atomic E-state index is 5.92. The molecule has 0 aromatic carbocycles. The molecular formula is C9H11ClN4. The van der Waals surface area contributed by atoms with Gasteiger partial charge in [-0.25, -0.2) is 4.68 Å². The van der Waals surface area contributed by atoms with Crippen LogP contribution in [0.2, 0.25) is 5.02 Å². The van der Waals surface area contributed by atoms with Crippen LogP contribution >= 0.6 is 11.6 Å². The highest BCUT2D eigenvalue weighted by molar-refractivity contribution is 6.31. The maximum atomic E-state index is 5.92. The molecule has 0 unspecified atom stereocenters. The van der Waals surface area contributed by atoms with Gasteiger partial charge in [0.1, 0.15) is 0 Å². The molecule has 0 fully saturated rings. The molecule has 2 rings (SSSR count). The largest absolute Gasteiger partial charge is 0.280 e. The average Bonchev–Trinajstić information content (AvgIpc) is 2.61. The summed E-state index contributed by atoms with van der Waals surface area (Å²) >= 11 is 5.92. The van der Waals surface area contributed by atoms with Crippen LogP contribution in [0.25, 0.3) is 5.82 Å². The van der Waals surface area contributed by atoms with E-state index in [2.05, 4.69) is 15.3 Å². The number of hydrogen-bond donors (Lipinski definition) is 1. The van der Waals surface area contributed by atoms with Gasteiger partial charge in [-0.2, -0.15) is 10.2 Å². The summed E-state index contributed by atoms with van der Waals surface area (Å²) in [4.78, 5) is 0. The van der Waals surface area contributed by atoms with Crippen molar-refractivity contribution in [2.45, 2.75) is 20.8 Å². The number of aromatic nitrogens is 4. The van der Waals surface area contributed by atoms with Crippen LogP contribution < -0.4 is 0 Å². The first-order chi connectivity index (χ1) is 6.59. The van der Waals surface area contributed by atoms with E-state index >= 15 is 0 Å². The summed E-state index contributed by atoms with van der Waals surface area (Å²) in [6, 6.07) is 0. The quantitative estimate of drug-likeness (QED) is 0.784. The van der Waals surface area contributed by atoms with Gasteiger partial charge in [0.25, 0.3) is 0 Å². The van der Waals surface area contributed by atoms with Gasteiger partial charge >= 0.3 is 0 Å². The highest BCUT2D eigenvalue weighted by Gasteiger charge is 2.10. The van der Waals surface area contributed by atoms with Crippen molar-refractivity contribution in [3.8, 4) is 5.82 Å². The van der Waals surface area contributed by atoms with Gasteiger partial charge in [-0.05, 0) is 20.8 Å². The zero-order valence-electron chi connectivity index (χ0n) is 8.30. The lowest BCUT2D eigenvalue weighted by Crippen LogP contribution is -1.97. The zero-order valence-corrected chi connectivity index (χ0v) is 9.05. The molecule has 74 valence electrons. The molecule has 2 aromatic rings. The Kier molecular flexibility index (Phi) is 2.07. The summed E-state index contributed by atoms with van der Waals surface area (Å²) in [5.41, 5.74) is 2.94. The molecule has 2 aromatic heterocycles. The standard InChI is InChI=1S/C9H11ClN4/c1-5-6(2)11-12-9(5)14-4-8(10)7(3)13-14/h4H,1-3H3,(H,11,12). The lowest BCUT2D eigenvalue weighted by atomic mass is 10.3. The summed E-state index contributed by atoms with van der Waals surface area (Å²) in [6.45, 7) is 5.84. The zero-order chi connectivity index (χ0) is 10.3. The van der Waals surface area contributed by atoms with Gasteiger partial charge in [0.2, 0.25) is 0 Å². The molecule has 0 spiro atoms. The summed E-state index contributed by atoms with van der Waals surface area (Å²) in [5, 5.41) is 12.0. The van der Waals surface area contributed by atoms with E-state index in [1.807, 2.05) is 20.8 Å². The summed E-state index contributed by atoms with van der Waals surface area (Å²) in [6.07, 6.45) is 1.76. The Hall–Kier alpha value is -1.29. The number of rotatable bonds is 1. The molecular weight excluding hydrogens is 200 g/mol. The molecule has 0 saturated heterocycles. The molecule has 2 heterocycles. The van der Waals surface area contributed by atoms with Crippen LogP contribution in [0.15, 0.2) is 6.20 Å². The SMILES string of the molecule is Cc1nn(-c2n[nH]c(C)c2C)cc1Cl. The van der Waals surface area contributed by atoms with Crippen LogP contribution in [0, 0.1) is 20.8 Å². The van der Waals surface area contributed by atoms with Crippen molar-refractivity contribution < 1.29 is 0 Å². The number of hydrogen-bond acceptors (Lipinski definition) is 2. The molecule has 0 amide bonds. The van der Waals surface area contributed by atoms with E-state index in [0.29, 0.717) is 5.02 Å². The third kappa shape index (κ3) is 1.32. The van der Waals surface area contributed by atoms with Gasteiger partial charge in [-0.15, -0.1) is 0 Å². The minimum atomic E-state index is 0.657. The van der Waals surface area contributed by atoms with Crippen LogP contribution in [0.3, 0.4) is 0 Å². The van der Waals surface area contributed by atoms with Gasteiger partial charge < -0.3 is 0 Å². The Morgan fingerprint density at radius 3 is 2.50 bits per heavy atom. The number of aromatic amines is 1. The Morgan fingerprint density at radius 1 is 1.36 bits per heavy atom. The normalized spacial score (nSPS) is 10.9. The Morgan fingerprint density at radius 2 is 2.07 bits per heavy atom. The van der Waals surface area contributed by atoms with Crippen molar-refractivity contribution >= 4 is 11.6 Å². The highest BCUT2D eigenvalue weighted by Crippen LogP contribution is 2.18. The highest BCUT2D eigenvalue weighted by atomic mass is 35.5. The fourth-order valence-corrected chi connectivity index (χ4v) is 1.37. The molecule has 0 atom stereocenters. The van der Waals surface area contributed by atoms with Crippen molar-refractivity contribution in [2.75, 3.05) is 0 Å². The predicted octanol–water partition coefficient (Wildman–Crippen LogP) is 2.17. The second-order valence-electron chi connectivity index (χ2n) is 3.30. The van der Waals surface area contributed by atoms with Crippen molar-refractivity contribution in [1.82, 2.24) is 20.0 Å². The third-order valence-electron chi connectivity index (χ3n) is 2.28. The summed E-state index contributed by atoms with van der Waals surface area (Å²) in [5.74, 6) is 0.803. The van der Waals surface area contributed by atoms with E-state index in [9.17, 15) is 0 Å². The van der Waals surface area contributed by atoms with E-state index in [0.717, 1.165) is 22.8 Å². The minimum absolute atomic E-state index is 0.657. The molecule has 14 heavy (non-hydrogen) atoms. The predicted molar refractivity (Wildman–Crippen MR) is 54.9 cm³/mol. The Balaban J connectivity index is 2.54. The molecule has 1 N–H and O–H groups in total. The molecule has 4 nitrogen and oxygen atoms in total. The molecule has 0 radical (unpaired) electrons. The molecule has 0 aliphatic rings. The maximum Gasteiger partial charge on any atom is 0.178 e. The van der Waals surface area contributed by atoms with Crippen molar-refractivity contribution in [3.05, 3.63) is 28.2 Å². The number of nitrogens with one attached hydrogen (secondary N) is 1. The number of aryl methyl sites for hydroxylation is 2. The van der Waals surface area contributed by atoms with E-state index < -0.39 is 0 Å². The van der Waals surface area contributed by atoms with Gasteiger partial charge in [0.05, 0.1) is 16.9 Å². The van der Waals surface area contributed by atoms with E-state index in [1.54, 1.807) is 10.9 Å². The monoisotopic (exact) mass is 210 g/mol. The first-order valence-corrected chi connectivity index (χ1v) is 4.71. The number of halogens is 1. The fourth-order valence-electron chi connectivity index (χ4n) is 1.24. The number of nitrogens with zero attached hydrogens (tertiary/aromatic N) is 3. The van der Waals surface area contributed by atoms with Crippen LogP contribution in [0.1, 0.15) is 17.0 Å². The summed E-state index contributed by atoms with van der Waals surface area (Å²) in [7, 11) is 0. The van der Waals surface area contributed by atoms with Crippen LogP contribution in [-0.4, -0.2) is 20.0 Å². The molecule has 5 heteroatoms. The fraction of sp³-hybridized carbons (Fsp3) is 0.333. The first-order valence-electron chi connectivity index (χ1n) is 4.33. The van der Waals surface area contributed by atoms with E-state index in [4.69, 9.17) is 11.6 Å². The van der Waals surface area contributed by atoms with E-state index in [1.165, 1.54) is 0 Å². The second kappa shape index (κ2) is 3.13. The molecule has 0 bridgehead atoms. The first kappa shape index (κ1) is 9.27. The van der Waals surface area contributed by atoms with Crippen molar-refractivity contribution in [1.29, 1.82) is 0 Å². The average molecular weight is 211 g/mol. The Labute approximate surface area is 86.9 Å². The van der Waals surface area contributed by atoms with Gasteiger partial charge in [-0.3, -0.25) is 5.10 Å². The van der Waals surface area contributed by atoms with Gasteiger partial charge in [0, 0.05) is 11.3 Å². The van der Waals surface area contributed by atoms with Crippen molar-refractivity contribution in [3.63, 3.8) is 0 Å². The van der Waals surface area contributed by atoms with Crippen LogP contribution in [0.5, 0.6) is 0 Å².